The molecule has 1 atom stereocenters. The summed E-state index contributed by atoms with van der Waals surface area (Å²) in [6, 6.07) is 14.2. The van der Waals surface area contributed by atoms with Crippen LogP contribution >= 0.6 is 0 Å². The van der Waals surface area contributed by atoms with E-state index in [-0.39, 0.29) is 0 Å². The van der Waals surface area contributed by atoms with Crippen molar-refractivity contribution in [3.63, 3.8) is 0 Å². The Hall–Kier alpha value is -3.28. The molecule has 0 saturated heterocycles. The van der Waals surface area contributed by atoms with Gasteiger partial charge in [-0.25, -0.2) is 4.79 Å². The van der Waals surface area contributed by atoms with Crippen LogP contribution in [0.25, 0.3) is 6.08 Å². The maximum atomic E-state index is 12.2. The number of methoxy groups -OCH3 is 2. The number of para-hydroxylation sites is 2. The van der Waals surface area contributed by atoms with E-state index >= 15 is 0 Å². The quantitative estimate of drug-likeness (QED) is 0.609. The van der Waals surface area contributed by atoms with Gasteiger partial charge in [-0.1, -0.05) is 24.3 Å². The number of anilines is 1. The fourth-order valence-corrected chi connectivity index (χ4v) is 2.16. The summed E-state index contributed by atoms with van der Waals surface area (Å²) in [4.78, 5) is 24.1. The molecule has 0 aliphatic heterocycles. The number of hydrogen-bond acceptors (Lipinski definition) is 5. The minimum Gasteiger partial charge on any atom is -0.497 e. The van der Waals surface area contributed by atoms with Crippen molar-refractivity contribution in [1.29, 1.82) is 0 Å². The third kappa shape index (κ3) is 5.37. The summed E-state index contributed by atoms with van der Waals surface area (Å²) in [5, 5.41) is 2.67. The van der Waals surface area contributed by atoms with Gasteiger partial charge in [0.15, 0.2) is 6.10 Å². The zero-order valence-corrected chi connectivity index (χ0v) is 14.9. The lowest BCUT2D eigenvalue weighted by atomic mass is 10.2. The minimum absolute atomic E-state index is 0.447. The number of esters is 1. The SMILES string of the molecule is COc1cccc(/C=C/C(=O)O[C@H](C)C(=O)Nc2ccccc2OC)c1. The van der Waals surface area contributed by atoms with Gasteiger partial charge in [-0.05, 0) is 42.8 Å². The van der Waals surface area contributed by atoms with Crippen molar-refractivity contribution in [3.8, 4) is 11.5 Å². The van der Waals surface area contributed by atoms with Crippen molar-refractivity contribution in [1.82, 2.24) is 0 Å². The van der Waals surface area contributed by atoms with Crippen LogP contribution < -0.4 is 14.8 Å². The van der Waals surface area contributed by atoms with Crippen LogP contribution in [0.15, 0.2) is 54.6 Å². The Labute approximate surface area is 152 Å². The Morgan fingerprint density at radius 1 is 1.04 bits per heavy atom. The Morgan fingerprint density at radius 3 is 2.54 bits per heavy atom. The van der Waals surface area contributed by atoms with Gasteiger partial charge in [0.1, 0.15) is 11.5 Å². The smallest absolute Gasteiger partial charge is 0.331 e. The number of ether oxygens (including phenoxy) is 3. The van der Waals surface area contributed by atoms with Crippen molar-refractivity contribution >= 4 is 23.6 Å². The molecule has 0 bridgehead atoms. The largest absolute Gasteiger partial charge is 0.497 e. The highest BCUT2D eigenvalue weighted by Crippen LogP contribution is 2.23. The van der Waals surface area contributed by atoms with E-state index in [0.29, 0.717) is 17.2 Å². The second-order valence-electron chi connectivity index (χ2n) is 5.38. The average Bonchev–Trinajstić information content (AvgIpc) is 2.66. The first kappa shape index (κ1) is 19.1. The van der Waals surface area contributed by atoms with Crippen molar-refractivity contribution in [2.45, 2.75) is 13.0 Å². The van der Waals surface area contributed by atoms with Crippen LogP contribution in [0, 0.1) is 0 Å². The minimum atomic E-state index is -0.956. The van der Waals surface area contributed by atoms with Crippen molar-refractivity contribution in [3.05, 3.63) is 60.2 Å². The Morgan fingerprint density at radius 2 is 1.81 bits per heavy atom. The predicted molar refractivity (Wildman–Crippen MR) is 99.2 cm³/mol. The molecule has 0 saturated carbocycles. The number of amides is 1. The normalized spacial score (nSPS) is 11.7. The topological polar surface area (TPSA) is 73.9 Å². The average molecular weight is 355 g/mol. The van der Waals surface area contributed by atoms with E-state index in [1.165, 1.54) is 20.1 Å². The van der Waals surface area contributed by atoms with Crippen molar-refractivity contribution in [2.24, 2.45) is 0 Å². The van der Waals surface area contributed by atoms with Crippen molar-refractivity contribution < 1.29 is 23.8 Å². The first-order valence-corrected chi connectivity index (χ1v) is 8.00. The van der Waals surface area contributed by atoms with Gasteiger partial charge in [0.05, 0.1) is 19.9 Å². The predicted octanol–water partition coefficient (Wildman–Crippen LogP) is 3.29. The van der Waals surface area contributed by atoms with Gasteiger partial charge in [0, 0.05) is 6.08 Å². The van der Waals surface area contributed by atoms with Crippen LogP contribution in [0.4, 0.5) is 5.69 Å². The first-order chi connectivity index (χ1) is 12.5. The molecule has 0 fully saturated rings. The second-order valence-corrected chi connectivity index (χ2v) is 5.38. The molecule has 0 aliphatic rings. The van der Waals surface area contributed by atoms with E-state index in [4.69, 9.17) is 14.2 Å². The number of benzene rings is 2. The first-order valence-electron chi connectivity index (χ1n) is 8.00. The summed E-state index contributed by atoms with van der Waals surface area (Å²) in [5.41, 5.74) is 1.29. The highest BCUT2D eigenvalue weighted by atomic mass is 16.5. The Bertz CT molecular complexity index is 800. The van der Waals surface area contributed by atoms with Crippen LogP contribution in [-0.4, -0.2) is 32.2 Å². The van der Waals surface area contributed by atoms with Crippen LogP contribution in [-0.2, 0) is 14.3 Å². The van der Waals surface area contributed by atoms with E-state index in [1.54, 1.807) is 49.6 Å². The fraction of sp³-hybridized carbons (Fsp3) is 0.200. The van der Waals surface area contributed by atoms with Crippen molar-refractivity contribution in [2.75, 3.05) is 19.5 Å². The van der Waals surface area contributed by atoms with E-state index in [1.807, 2.05) is 12.1 Å². The summed E-state index contributed by atoms with van der Waals surface area (Å²) in [5.74, 6) is 0.149. The van der Waals surface area contributed by atoms with Gasteiger partial charge in [0.25, 0.3) is 5.91 Å². The summed E-state index contributed by atoms with van der Waals surface area (Å²) >= 11 is 0. The molecule has 2 aromatic rings. The molecule has 26 heavy (non-hydrogen) atoms. The van der Waals surface area contributed by atoms with E-state index in [9.17, 15) is 9.59 Å². The van der Waals surface area contributed by atoms with E-state index in [0.717, 1.165) is 5.56 Å². The van der Waals surface area contributed by atoms with Gasteiger partial charge < -0.3 is 19.5 Å². The Kier molecular flexibility index (Phi) is 6.79. The van der Waals surface area contributed by atoms with E-state index < -0.39 is 18.0 Å². The fourth-order valence-electron chi connectivity index (χ4n) is 2.16. The molecule has 6 nitrogen and oxygen atoms in total. The molecule has 136 valence electrons. The van der Waals surface area contributed by atoms with Gasteiger partial charge in [0.2, 0.25) is 0 Å². The zero-order chi connectivity index (χ0) is 18.9. The summed E-state index contributed by atoms with van der Waals surface area (Å²) < 4.78 is 15.4. The third-order valence-electron chi connectivity index (χ3n) is 3.53. The maximum Gasteiger partial charge on any atom is 0.331 e. The van der Waals surface area contributed by atoms with E-state index in [2.05, 4.69) is 5.32 Å². The number of rotatable bonds is 7. The number of hydrogen-bond donors (Lipinski definition) is 1. The molecule has 2 aromatic carbocycles. The van der Waals surface area contributed by atoms with Gasteiger partial charge >= 0.3 is 5.97 Å². The number of carbonyl (C=O) groups is 2. The molecule has 0 unspecified atom stereocenters. The standard InChI is InChI=1S/C20H21NO5/c1-14(20(23)21-17-9-4-5-10-18(17)25-3)26-19(22)12-11-15-7-6-8-16(13-15)24-2/h4-14H,1-3H3,(H,21,23)/b12-11+/t14-/m1/s1. The van der Waals surface area contributed by atoms with Crippen LogP contribution in [0.1, 0.15) is 12.5 Å². The molecule has 0 aromatic heterocycles. The van der Waals surface area contributed by atoms with Crippen LogP contribution in [0.5, 0.6) is 11.5 Å². The number of carbonyl (C=O) groups excluding carboxylic acids is 2. The molecule has 1 amide bonds. The molecule has 0 heterocycles. The number of nitrogens with one attached hydrogen (secondary N) is 1. The van der Waals surface area contributed by atoms with Gasteiger partial charge in [-0.2, -0.15) is 0 Å². The zero-order valence-electron chi connectivity index (χ0n) is 14.9. The van der Waals surface area contributed by atoms with Crippen LogP contribution in [0.2, 0.25) is 0 Å². The molecular weight excluding hydrogens is 334 g/mol. The molecule has 2 rings (SSSR count). The highest BCUT2D eigenvalue weighted by molar-refractivity contribution is 5.97. The molecule has 0 radical (unpaired) electrons. The lowest BCUT2D eigenvalue weighted by Gasteiger charge is -2.14. The lowest BCUT2D eigenvalue weighted by Crippen LogP contribution is -2.29. The van der Waals surface area contributed by atoms with Gasteiger partial charge in [-0.3, -0.25) is 4.79 Å². The maximum absolute atomic E-state index is 12.2. The second kappa shape index (κ2) is 9.27. The third-order valence-corrected chi connectivity index (χ3v) is 3.53. The molecule has 0 aliphatic carbocycles. The molecular formula is C20H21NO5. The molecule has 1 N–H and O–H groups in total. The summed E-state index contributed by atoms with van der Waals surface area (Å²) in [6.45, 7) is 1.50. The molecule has 0 spiro atoms. The molecule has 6 heteroatoms. The monoisotopic (exact) mass is 355 g/mol. The lowest BCUT2D eigenvalue weighted by molar-refractivity contribution is -0.148. The summed E-state index contributed by atoms with van der Waals surface area (Å²) in [6.07, 6.45) is 1.90. The highest BCUT2D eigenvalue weighted by Gasteiger charge is 2.18. The van der Waals surface area contributed by atoms with Crippen LogP contribution in [0.3, 0.4) is 0 Å². The summed E-state index contributed by atoms with van der Waals surface area (Å²) in [7, 11) is 3.08. The van der Waals surface area contributed by atoms with Gasteiger partial charge in [-0.15, -0.1) is 0 Å². The Balaban J connectivity index is 1.93.